The van der Waals surface area contributed by atoms with Gasteiger partial charge in [0.15, 0.2) is 0 Å². The van der Waals surface area contributed by atoms with E-state index in [1.807, 2.05) is 13.8 Å². The molecule has 4 heteroatoms. The third-order valence-electron chi connectivity index (χ3n) is 2.79. The topological polar surface area (TPSA) is 44.8 Å². The van der Waals surface area contributed by atoms with Gasteiger partial charge in [0.2, 0.25) is 0 Å². The van der Waals surface area contributed by atoms with E-state index in [4.69, 9.17) is 0 Å². The van der Waals surface area contributed by atoms with Crippen LogP contribution in [0.2, 0.25) is 0 Å². The summed E-state index contributed by atoms with van der Waals surface area (Å²) in [4.78, 5) is 6.53. The molecule has 86 valence electrons. The molecular weight excluding hydrogens is 188 g/mol. The van der Waals surface area contributed by atoms with Crippen LogP contribution < -0.4 is 0 Å². The number of nitrogens with one attached hydrogen (secondary N) is 1. The van der Waals surface area contributed by atoms with Crippen molar-refractivity contribution in [1.82, 2.24) is 20.1 Å². The Morgan fingerprint density at radius 3 is 2.60 bits per heavy atom. The molecule has 0 aromatic carbocycles. The van der Waals surface area contributed by atoms with Gasteiger partial charge in [0.25, 0.3) is 0 Å². The van der Waals surface area contributed by atoms with Crippen LogP contribution in [0, 0.1) is 5.92 Å². The molecular formula is C11H22N4. The summed E-state index contributed by atoms with van der Waals surface area (Å²) in [5, 5.41) is 6.78. The van der Waals surface area contributed by atoms with Crippen molar-refractivity contribution in [3.8, 4) is 0 Å². The fourth-order valence-electron chi connectivity index (χ4n) is 1.87. The second kappa shape index (κ2) is 6.56. The quantitative estimate of drug-likeness (QED) is 0.808. The van der Waals surface area contributed by atoms with Gasteiger partial charge < -0.3 is 4.90 Å². The Balaban J connectivity index is 0.000000531. The number of aromatic amines is 1. The standard InChI is InChI=1S/C9H16N4.C2H6/c1-13-4-2-8(3-5-13)6-9-10-7-11-12-9;1-2/h7-8H,2-6H2,1H3,(H,10,11,12);1-2H3. The minimum absolute atomic E-state index is 0.796. The molecule has 0 aliphatic carbocycles. The Labute approximate surface area is 92.1 Å². The van der Waals surface area contributed by atoms with E-state index in [9.17, 15) is 0 Å². The van der Waals surface area contributed by atoms with E-state index >= 15 is 0 Å². The maximum Gasteiger partial charge on any atom is 0.137 e. The Morgan fingerprint density at radius 1 is 1.40 bits per heavy atom. The van der Waals surface area contributed by atoms with Crippen molar-refractivity contribution in [2.75, 3.05) is 20.1 Å². The lowest BCUT2D eigenvalue weighted by molar-refractivity contribution is 0.217. The van der Waals surface area contributed by atoms with E-state index in [0.29, 0.717) is 0 Å². The minimum Gasteiger partial charge on any atom is -0.306 e. The molecule has 1 saturated heterocycles. The number of nitrogens with zero attached hydrogens (tertiary/aromatic N) is 3. The molecule has 1 aromatic heterocycles. The summed E-state index contributed by atoms with van der Waals surface area (Å²) in [6.45, 7) is 6.44. The Bertz CT molecular complexity index is 237. The molecule has 0 amide bonds. The van der Waals surface area contributed by atoms with Gasteiger partial charge in [-0.25, -0.2) is 4.98 Å². The van der Waals surface area contributed by atoms with E-state index in [1.54, 1.807) is 6.33 Å². The molecule has 0 saturated carbocycles. The molecule has 4 nitrogen and oxygen atoms in total. The van der Waals surface area contributed by atoms with Crippen LogP contribution in [0.25, 0.3) is 0 Å². The molecule has 1 aliphatic heterocycles. The Morgan fingerprint density at radius 2 is 2.07 bits per heavy atom. The number of aromatic nitrogens is 3. The zero-order chi connectivity index (χ0) is 11.1. The van der Waals surface area contributed by atoms with Crippen molar-refractivity contribution in [3.63, 3.8) is 0 Å². The molecule has 0 unspecified atom stereocenters. The molecule has 0 spiro atoms. The van der Waals surface area contributed by atoms with Crippen molar-refractivity contribution in [3.05, 3.63) is 12.2 Å². The molecule has 0 atom stereocenters. The first-order valence-electron chi connectivity index (χ1n) is 5.87. The number of piperidine rings is 1. The van der Waals surface area contributed by atoms with E-state index in [0.717, 1.165) is 18.2 Å². The third-order valence-corrected chi connectivity index (χ3v) is 2.79. The van der Waals surface area contributed by atoms with E-state index < -0.39 is 0 Å². The zero-order valence-electron chi connectivity index (χ0n) is 10.0. The zero-order valence-corrected chi connectivity index (χ0v) is 10.0. The first-order valence-corrected chi connectivity index (χ1v) is 5.87. The number of likely N-dealkylation sites (tertiary alicyclic amines) is 1. The number of hydrogen-bond donors (Lipinski definition) is 1. The fraction of sp³-hybridized carbons (Fsp3) is 0.818. The predicted molar refractivity (Wildman–Crippen MR) is 61.7 cm³/mol. The van der Waals surface area contributed by atoms with Gasteiger partial charge >= 0.3 is 0 Å². The van der Waals surface area contributed by atoms with E-state index in [2.05, 4.69) is 27.1 Å². The number of hydrogen-bond acceptors (Lipinski definition) is 3. The first-order chi connectivity index (χ1) is 7.34. The highest BCUT2D eigenvalue weighted by Gasteiger charge is 2.17. The van der Waals surface area contributed by atoms with Crippen molar-refractivity contribution in [2.45, 2.75) is 33.1 Å². The maximum atomic E-state index is 4.15. The molecule has 1 fully saturated rings. The minimum atomic E-state index is 0.796. The summed E-state index contributed by atoms with van der Waals surface area (Å²) in [6.07, 6.45) is 5.23. The fourth-order valence-corrected chi connectivity index (χ4v) is 1.87. The summed E-state index contributed by atoms with van der Waals surface area (Å²) in [6, 6.07) is 0. The monoisotopic (exact) mass is 210 g/mol. The van der Waals surface area contributed by atoms with Crippen molar-refractivity contribution in [2.24, 2.45) is 5.92 Å². The van der Waals surface area contributed by atoms with Crippen LogP contribution in [0.4, 0.5) is 0 Å². The van der Waals surface area contributed by atoms with Crippen molar-refractivity contribution >= 4 is 0 Å². The third kappa shape index (κ3) is 4.00. The summed E-state index contributed by atoms with van der Waals surface area (Å²) in [7, 11) is 2.19. The van der Waals surface area contributed by atoms with Crippen LogP contribution in [-0.2, 0) is 6.42 Å². The first kappa shape index (κ1) is 12.2. The van der Waals surface area contributed by atoms with Gasteiger partial charge in [-0.1, -0.05) is 13.8 Å². The molecule has 1 aromatic rings. The SMILES string of the molecule is CC.CN1CCC(Cc2ncn[nH]2)CC1. The summed E-state index contributed by atoms with van der Waals surface area (Å²) < 4.78 is 0. The summed E-state index contributed by atoms with van der Waals surface area (Å²) >= 11 is 0. The van der Waals surface area contributed by atoms with Crippen LogP contribution in [0.15, 0.2) is 6.33 Å². The Hall–Kier alpha value is -0.900. The lowest BCUT2D eigenvalue weighted by atomic mass is 9.94. The molecule has 0 radical (unpaired) electrons. The molecule has 0 bridgehead atoms. The van der Waals surface area contributed by atoms with Gasteiger partial charge in [-0.3, -0.25) is 5.10 Å². The van der Waals surface area contributed by atoms with Crippen molar-refractivity contribution in [1.29, 1.82) is 0 Å². The highest BCUT2D eigenvalue weighted by Crippen LogP contribution is 2.18. The van der Waals surface area contributed by atoms with E-state index in [1.165, 1.54) is 25.9 Å². The second-order valence-electron chi connectivity index (χ2n) is 3.88. The predicted octanol–water partition coefficient (Wildman–Crippen LogP) is 1.72. The summed E-state index contributed by atoms with van der Waals surface area (Å²) in [5.74, 6) is 1.83. The Kier molecular flexibility index (Phi) is 5.32. The highest BCUT2D eigenvalue weighted by atomic mass is 15.2. The average molecular weight is 210 g/mol. The molecule has 2 heterocycles. The van der Waals surface area contributed by atoms with Crippen LogP contribution in [0.5, 0.6) is 0 Å². The van der Waals surface area contributed by atoms with Gasteiger partial charge in [-0.2, -0.15) is 5.10 Å². The summed E-state index contributed by atoms with van der Waals surface area (Å²) in [5.41, 5.74) is 0. The van der Waals surface area contributed by atoms with Gasteiger partial charge in [0.05, 0.1) is 0 Å². The van der Waals surface area contributed by atoms with Gasteiger partial charge in [0, 0.05) is 6.42 Å². The molecule has 2 rings (SSSR count). The van der Waals surface area contributed by atoms with Crippen LogP contribution in [0.3, 0.4) is 0 Å². The lowest BCUT2D eigenvalue weighted by Gasteiger charge is -2.28. The molecule has 15 heavy (non-hydrogen) atoms. The van der Waals surface area contributed by atoms with Gasteiger partial charge in [0.1, 0.15) is 12.2 Å². The van der Waals surface area contributed by atoms with E-state index in [-0.39, 0.29) is 0 Å². The second-order valence-corrected chi connectivity index (χ2v) is 3.88. The maximum absolute atomic E-state index is 4.15. The van der Waals surface area contributed by atoms with Gasteiger partial charge in [-0.15, -0.1) is 0 Å². The molecule has 1 N–H and O–H groups in total. The van der Waals surface area contributed by atoms with Crippen LogP contribution >= 0.6 is 0 Å². The number of H-pyrrole nitrogens is 1. The number of rotatable bonds is 2. The molecule has 1 aliphatic rings. The van der Waals surface area contributed by atoms with Crippen molar-refractivity contribution < 1.29 is 0 Å². The average Bonchev–Trinajstić information content (AvgIpc) is 2.77. The lowest BCUT2D eigenvalue weighted by Crippen LogP contribution is -2.31. The van der Waals surface area contributed by atoms with Crippen LogP contribution in [-0.4, -0.2) is 40.2 Å². The normalized spacial score (nSPS) is 18.3. The smallest absolute Gasteiger partial charge is 0.137 e. The van der Waals surface area contributed by atoms with Gasteiger partial charge in [-0.05, 0) is 38.9 Å². The largest absolute Gasteiger partial charge is 0.306 e. The van der Waals surface area contributed by atoms with Crippen LogP contribution in [0.1, 0.15) is 32.5 Å². The highest BCUT2D eigenvalue weighted by molar-refractivity contribution is 4.85.